The first-order chi connectivity index (χ1) is 9.42. The van der Waals surface area contributed by atoms with E-state index in [0.717, 1.165) is 6.54 Å². The highest BCUT2D eigenvalue weighted by Crippen LogP contribution is 2.26. The Kier molecular flexibility index (Phi) is 3.89. The first-order valence-corrected chi connectivity index (χ1v) is 7.09. The average molecular weight is 252 g/mol. The third-order valence-corrected chi connectivity index (χ3v) is 3.94. The molecule has 3 rings (SSSR count). The Bertz CT molecular complexity index is 487. The third-order valence-electron chi connectivity index (χ3n) is 3.94. The van der Waals surface area contributed by atoms with Crippen molar-refractivity contribution in [2.24, 2.45) is 0 Å². The van der Waals surface area contributed by atoms with Gasteiger partial charge in [-0.05, 0) is 43.6 Å². The molecule has 0 aliphatic carbocycles. The molecule has 0 bridgehead atoms. The highest BCUT2D eigenvalue weighted by molar-refractivity contribution is 5.15. The Morgan fingerprint density at radius 3 is 2.37 bits per heavy atom. The lowest BCUT2D eigenvalue weighted by atomic mass is 9.93. The summed E-state index contributed by atoms with van der Waals surface area (Å²) in [5, 5.41) is 0. The zero-order chi connectivity index (χ0) is 12.9. The number of rotatable bonds is 3. The molecule has 1 aromatic heterocycles. The normalized spacial score (nSPS) is 17.5. The van der Waals surface area contributed by atoms with Gasteiger partial charge in [0.05, 0.1) is 0 Å². The van der Waals surface area contributed by atoms with Crippen LogP contribution in [0, 0.1) is 0 Å². The number of likely N-dealkylation sites (tertiary alicyclic amines) is 1. The van der Waals surface area contributed by atoms with Crippen molar-refractivity contribution in [1.29, 1.82) is 0 Å². The Balaban J connectivity index is 1.55. The van der Waals surface area contributed by atoms with Crippen molar-refractivity contribution in [3.05, 3.63) is 66.0 Å². The fourth-order valence-electron chi connectivity index (χ4n) is 2.85. The topological polar surface area (TPSA) is 16.1 Å². The smallest absolute Gasteiger partial charge is 0.0435 e. The van der Waals surface area contributed by atoms with Crippen molar-refractivity contribution in [3.63, 3.8) is 0 Å². The SMILES string of the molecule is c1ccc(CN2CCC(c3ccccn3)CC2)cc1. The number of nitrogens with zero attached hydrogens (tertiary/aromatic N) is 2. The summed E-state index contributed by atoms with van der Waals surface area (Å²) in [6, 6.07) is 17.0. The molecule has 1 aliphatic heterocycles. The molecule has 1 aromatic carbocycles. The van der Waals surface area contributed by atoms with Crippen molar-refractivity contribution in [2.75, 3.05) is 13.1 Å². The predicted octanol–water partition coefficient (Wildman–Crippen LogP) is 3.46. The Hall–Kier alpha value is -1.67. The molecule has 2 heterocycles. The largest absolute Gasteiger partial charge is 0.299 e. The summed E-state index contributed by atoms with van der Waals surface area (Å²) in [6.07, 6.45) is 4.36. The first kappa shape index (κ1) is 12.4. The van der Waals surface area contributed by atoms with E-state index in [4.69, 9.17) is 0 Å². The molecule has 1 saturated heterocycles. The van der Waals surface area contributed by atoms with E-state index in [1.165, 1.54) is 37.2 Å². The molecule has 0 unspecified atom stereocenters. The molecule has 1 aliphatic rings. The maximum atomic E-state index is 4.49. The summed E-state index contributed by atoms with van der Waals surface area (Å²) >= 11 is 0. The van der Waals surface area contributed by atoms with Crippen LogP contribution in [0.3, 0.4) is 0 Å². The van der Waals surface area contributed by atoms with Crippen LogP contribution in [0.5, 0.6) is 0 Å². The van der Waals surface area contributed by atoms with Gasteiger partial charge in [0.1, 0.15) is 0 Å². The van der Waals surface area contributed by atoms with Gasteiger partial charge in [-0.2, -0.15) is 0 Å². The van der Waals surface area contributed by atoms with Crippen LogP contribution in [0.15, 0.2) is 54.7 Å². The fraction of sp³-hybridized carbons (Fsp3) is 0.353. The van der Waals surface area contributed by atoms with Gasteiger partial charge in [-0.1, -0.05) is 36.4 Å². The molecule has 19 heavy (non-hydrogen) atoms. The maximum Gasteiger partial charge on any atom is 0.0435 e. The molecular weight excluding hydrogens is 232 g/mol. The standard InChI is InChI=1S/C17H20N2/c1-2-6-15(7-3-1)14-19-12-9-16(10-13-19)17-8-4-5-11-18-17/h1-8,11,16H,9-10,12-14H2. The lowest BCUT2D eigenvalue weighted by Gasteiger charge is -2.31. The van der Waals surface area contributed by atoms with Crippen LogP contribution >= 0.6 is 0 Å². The summed E-state index contributed by atoms with van der Waals surface area (Å²) < 4.78 is 0. The maximum absolute atomic E-state index is 4.49. The van der Waals surface area contributed by atoms with Gasteiger partial charge in [0.15, 0.2) is 0 Å². The van der Waals surface area contributed by atoms with Gasteiger partial charge >= 0.3 is 0 Å². The van der Waals surface area contributed by atoms with E-state index in [1.54, 1.807) is 0 Å². The molecule has 2 nitrogen and oxygen atoms in total. The number of pyridine rings is 1. The summed E-state index contributed by atoms with van der Waals surface area (Å²) in [4.78, 5) is 7.04. The second-order valence-electron chi connectivity index (χ2n) is 5.29. The van der Waals surface area contributed by atoms with Gasteiger partial charge in [0.25, 0.3) is 0 Å². The lowest BCUT2D eigenvalue weighted by molar-refractivity contribution is 0.203. The summed E-state index contributed by atoms with van der Waals surface area (Å²) in [7, 11) is 0. The fourth-order valence-corrected chi connectivity index (χ4v) is 2.85. The zero-order valence-corrected chi connectivity index (χ0v) is 11.2. The Morgan fingerprint density at radius 1 is 0.947 bits per heavy atom. The number of piperidine rings is 1. The second-order valence-corrected chi connectivity index (χ2v) is 5.29. The van der Waals surface area contributed by atoms with Crippen LogP contribution in [0.1, 0.15) is 30.0 Å². The summed E-state index contributed by atoms with van der Waals surface area (Å²) in [5.41, 5.74) is 2.68. The highest BCUT2D eigenvalue weighted by atomic mass is 15.1. The van der Waals surface area contributed by atoms with E-state index >= 15 is 0 Å². The van der Waals surface area contributed by atoms with Gasteiger partial charge < -0.3 is 0 Å². The van der Waals surface area contributed by atoms with Gasteiger partial charge in [-0.3, -0.25) is 9.88 Å². The van der Waals surface area contributed by atoms with E-state index in [0.29, 0.717) is 5.92 Å². The van der Waals surface area contributed by atoms with Crippen LogP contribution in [-0.2, 0) is 6.54 Å². The molecule has 0 radical (unpaired) electrons. The number of hydrogen-bond donors (Lipinski definition) is 0. The number of aromatic nitrogens is 1. The van der Waals surface area contributed by atoms with Crippen molar-refractivity contribution in [3.8, 4) is 0 Å². The molecule has 1 fully saturated rings. The van der Waals surface area contributed by atoms with Crippen LogP contribution < -0.4 is 0 Å². The minimum atomic E-state index is 0.647. The van der Waals surface area contributed by atoms with E-state index in [1.807, 2.05) is 12.3 Å². The summed E-state index contributed by atoms with van der Waals surface area (Å²) in [5.74, 6) is 0.647. The van der Waals surface area contributed by atoms with Gasteiger partial charge in [-0.15, -0.1) is 0 Å². The molecule has 0 spiro atoms. The van der Waals surface area contributed by atoms with Crippen LogP contribution in [0.2, 0.25) is 0 Å². The monoisotopic (exact) mass is 252 g/mol. The molecule has 0 amide bonds. The summed E-state index contributed by atoms with van der Waals surface area (Å²) in [6.45, 7) is 3.43. The lowest BCUT2D eigenvalue weighted by Crippen LogP contribution is -2.32. The van der Waals surface area contributed by atoms with E-state index in [2.05, 4.69) is 52.3 Å². The van der Waals surface area contributed by atoms with Gasteiger partial charge in [0, 0.05) is 24.4 Å². The predicted molar refractivity (Wildman–Crippen MR) is 77.9 cm³/mol. The van der Waals surface area contributed by atoms with E-state index < -0.39 is 0 Å². The Morgan fingerprint density at radius 2 is 1.68 bits per heavy atom. The number of benzene rings is 1. The van der Waals surface area contributed by atoms with Gasteiger partial charge in [0.2, 0.25) is 0 Å². The molecule has 0 N–H and O–H groups in total. The Labute approximate surface area is 115 Å². The molecular formula is C17H20N2. The molecule has 0 saturated carbocycles. The minimum absolute atomic E-state index is 0.647. The molecule has 0 atom stereocenters. The van der Waals surface area contributed by atoms with Crippen molar-refractivity contribution in [1.82, 2.24) is 9.88 Å². The highest BCUT2D eigenvalue weighted by Gasteiger charge is 2.21. The van der Waals surface area contributed by atoms with E-state index in [-0.39, 0.29) is 0 Å². The van der Waals surface area contributed by atoms with Crippen LogP contribution in [0.25, 0.3) is 0 Å². The molecule has 2 heteroatoms. The van der Waals surface area contributed by atoms with Gasteiger partial charge in [-0.25, -0.2) is 0 Å². The molecule has 2 aromatic rings. The molecule has 98 valence electrons. The minimum Gasteiger partial charge on any atom is -0.299 e. The number of hydrogen-bond acceptors (Lipinski definition) is 2. The average Bonchev–Trinajstić information content (AvgIpc) is 2.50. The van der Waals surface area contributed by atoms with Crippen molar-refractivity contribution in [2.45, 2.75) is 25.3 Å². The third kappa shape index (κ3) is 3.21. The van der Waals surface area contributed by atoms with Crippen LogP contribution in [-0.4, -0.2) is 23.0 Å². The first-order valence-electron chi connectivity index (χ1n) is 7.09. The van der Waals surface area contributed by atoms with Crippen molar-refractivity contribution < 1.29 is 0 Å². The van der Waals surface area contributed by atoms with Crippen molar-refractivity contribution >= 4 is 0 Å². The van der Waals surface area contributed by atoms with E-state index in [9.17, 15) is 0 Å². The van der Waals surface area contributed by atoms with Crippen LogP contribution in [0.4, 0.5) is 0 Å². The zero-order valence-electron chi connectivity index (χ0n) is 11.2. The second kappa shape index (κ2) is 5.98. The quantitative estimate of drug-likeness (QED) is 0.831.